The molecule has 1 aliphatic rings. The Hall–Kier alpha value is -1.45. The molecule has 2 atom stereocenters. The Bertz CT molecular complexity index is 395. The summed E-state index contributed by atoms with van der Waals surface area (Å²) in [6.45, 7) is 2.27. The number of nitrogens with two attached hydrogens (primary N) is 1. The summed E-state index contributed by atoms with van der Waals surface area (Å²) in [6.07, 6.45) is 6.33. The van der Waals surface area contributed by atoms with Gasteiger partial charge < -0.3 is 15.8 Å². The Morgan fingerprint density at radius 3 is 3.00 bits per heavy atom. The molecule has 0 aliphatic heterocycles. The summed E-state index contributed by atoms with van der Waals surface area (Å²) in [4.78, 5) is 4.38. The van der Waals surface area contributed by atoms with Crippen molar-refractivity contribution >= 4 is 11.5 Å². The lowest BCUT2D eigenvalue weighted by molar-refractivity contribution is 0.326. The predicted molar refractivity (Wildman–Crippen MR) is 74.9 cm³/mol. The van der Waals surface area contributed by atoms with Gasteiger partial charge in [-0.2, -0.15) is 4.98 Å². The van der Waals surface area contributed by atoms with Gasteiger partial charge in [0, 0.05) is 12.1 Å². The molecule has 2 rings (SSSR count). The molecule has 1 aromatic rings. The lowest BCUT2D eigenvalue weighted by Gasteiger charge is -2.29. The van der Waals surface area contributed by atoms with E-state index in [1.54, 1.807) is 13.2 Å². The molecule has 18 heavy (non-hydrogen) atoms. The Morgan fingerprint density at radius 1 is 1.44 bits per heavy atom. The van der Waals surface area contributed by atoms with Crippen molar-refractivity contribution in [2.24, 2.45) is 5.92 Å². The van der Waals surface area contributed by atoms with Crippen molar-refractivity contribution in [2.75, 3.05) is 18.2 Å². The van der Waals surface area contributed by atoms with Crippen LogP contribution in [-0.4, -0.2) is 18.1 Å². The molecule has 0 amide bonds. The van der Waals surface area contributed by atoms with Gasteiger partial charge in [0.25, 0.3) is 0 Å². The molecular formula is C14H23N3O. The third-order valence-corrected chi connectivity index (χ3v) is 3.81. The first-order chi connectivity index (χ1) is 8.72. The van der Waals surface area contributed by atoms with E-state index in [4.69, 9.17) is 10.5 Å². The smallest absolute Gasteiger partial charge is 0.215 e. The minimum Gasteiger partial charge on any atom is -0.481 e. The van der Waals surface area contributed by atoms with Gasteiger partial charge in [0.2, 0.25) is 5.88 Å². The number of hydrogen-bond donors (Lipinski definition) is 2. The fourth-order valence-electron chi connectivity index (χ4n) is 2.67. The van der Waals surface area contributed by atoms with Crippen molar-refractivity contribution in [3.8, 4) is 5.88 Å². The second-order valence-corrected chi connectivity index (χ2v) is 5.07. The van der Waals surface area contributed by atoms with Crippen LogP contribution in [0, 0.1) is 5.92 Å². The van der Waals surface area contributed by atoms with Crippen molar-refractivity contribution in [3.05, 3.63) is 12.1 Å². The van der Waals surface area contributed by atoms with Gasteiger partial charge in [0.15, 0.2) is 5.82 Å². The van der Waals surface area contributed by atoms with E-state index in [1.807, 2.05) is 6.07 Å². The van der Waals surface area contributed by atoms with Crippen LogP contribution in [0.25, 0.3) is 0 Å². The summed E-state index contributed by atoms with van der Waals surface area (Å²) in [5.41, 5.74) is 6.64. The molecule has 0 aromatic carbocycles. The van der Waals surface area contributed by atoms with Gasteiger partial charge in [-0.15, -0.1) is 0 Å². The first kappa shape index (κ1) is 13.0. The van der Waals surface area contributed by atoms with E-state index in [2.05, 4.69) is 17.2 Å². The van der Waals surface area contributed by atoms with Gasteiger partial charge in [-0.1, -0.05) is 26.2 Å². The van der Waals surface area contributed by atoms with Crippen molar-refractivity contribution < 1.29 is 4.74 Å². The highest BCUT2D eigenvalue weighted by Gasteiger charge is 2.21. The summed E-state index contributed by atoms with van der Waals surface area (Å²) in [5.74, 6) is 2.20. The zero-order valence-electron chi connectivity index (χ0n) is 11.3. The van der Waals surface area contributed by atoms with Crippen molar-refractivity contribution in [2.45, 2.75) is 45.1 Å². The van der Waals surface area contributed by atoms with E-state index >= 15 is 0 Å². The van der Waals surface area contributed by atoms with Crippen LogP contribution >= 0.6 is 0 Å². The van der Waals surface area contributed by atoms with Gasteiger partial charge >= 0.3 is 0 Å². The molecule has 0 saturated heterocycles. The molecule has 0 radical (unpaired) electrons. The van der Waals surface area contributed by atoms with E-state index in [1.165, 1.54) is 32.1 Å². The Balaban J connectivity index is 2.04. The lowest BCUT2D eigenvalue weighted by atomic mass is 9.84. The monoisotopic (exact) mass is 249 g/mol. The molecule has 0 bridgehead atoms. The van der Waals surface area contributed by atoms with E-state index in [0.29, 0.717) is 17.6 Å². The van der Waals surface area contributed by atoms with Crippen LogP contribution < -0.4 is 15.8 Å². The number of nitrogens with one attached hydrogen (secondary N) is 1. The average Bonchev–Trinajstić information content (AvgIpc) is 2.41. The van der Waals surface area contributed by atoms with E-state index in [-0.39, 0.29) is 0 Å². The first-order valence-corrected chi connectivity index (χ1v) is 6.80. The van der Waals surface area contributed by atoms with E-state index < -0.39 is 0 Å². The molecule has 1 saturated carbocycles. The molecule has 2 unspecified atom stereocenters. The number of ether oxygens (including phenoxy) is 1. The van der Waals surface area contributed by atoms with Crippen molar-refractivity contribution in [1.29, 1.82) is 0 Å². The standard InChI is InChI=1S/C14H23N3O/c1-3-10-5-4-6-11(9-10)16-14-12(15)7-8-13(17-14)18-2/h7-8,10-11H,3-6,9,15H2,1-2H3,(H,16,17). The minimum atomic E-state index is 0.491. The normalized spacial score (nSPS) is 23.7. The molecule has 4 heteroatoms. The summed E-state index contributed by atoms with van der Waals surface area (Å²) < 4.78 is 5.13. The lowest BCUT2D eigenvalue weighted by Crippen LogP contribution is -2.27. The van der Waals surface area contributed by atoms with E-state index in [0.717, 1.165) is 11.7 Å². The van der Waals surface area contributed by atoms with Gasteiger partial charge in [-0.05, 0) is 24.8 Å². The number of rotatable bonds is 4. The molecular weight excluding hydrogens is 226 g/mol. The summed E-state index contributed by atoms with van der Waals surface area (Å²) in [5, 5.41) is 3.47. The maximum Gasteiger partial charge on any atom is 0.215 e. The quantitative estimate of drug-likeness (QED) is 0.861. The van der Waals surface area contributed by atoms with Crippen molar-refractivity contribution in [1.82, 2.24) is 4.98 Å². The predicted octanol–water partition coefficient (Wildman–Crippen LogP) is 3.05. The minimum absolute atomic E-state index is 0.491. The topological polar surface area (TPSA) is 60.2 Å². The highest BCUT2D eigenvalue weighted by atomic mass is 16.5. The highest BCUT2D eigenvalue weighted by molar-refractivity contribution is 5.62. The first-order valence-electron chi connectivity index (χ1n) is 6.80. The molecule has 1 aromatic heterocycles. The largest absolute Gasteiger partial charge is 0.481 e. The Kier molecular flexibility index (Phi) is 4.28. The number of anilines is 2. The van der Waals surface area contributed by atoms with Gasteiger partial charge in [0.05, 0.1) is 12.8 Å². The maximum absolute atomic E-state index is 5.95. The number of aromatic nitrogens is 1. The summed E-state index contributed by atoms with van der Waals surface area (Å²) in [7, 11) is 1.62. The Labute approximate surface area is 109 Å². The Morgan fingerprint density at radius 2 is 2.28 bits per heavy atom. The molecule has 100 valence electrons. The fourth-order valence-corrected chi connectivity index (χ4v) is 2.67. The zero-order chi connectivity index (χ0) is 13.0. The number of hydrogen-bond acceptors (Lipinski definition) is 4. The number of nitrogen functional groups attached to an aromatic ring is 1. The maximum atomic E-state index is 5.95. The number of nitrogens with zero attached hydrogens (tertiary/aromatic N) is 1. The fraction of sp³-hybridized carbons (Fsp3) is 0.643. The second kappa shape index (κ2) is 5.94. The van der Waals surface area contributed by atoms with Crippen LogP contribution in [0.5, 0.6) is 5.88 Å². The van der Waals surface area contributed by atoms with E-state index in [9.17, 15) is 0 Å². The van der Waals surface area contributed by atoms with Crippen molar-refractivity contribution in [3.63, 3.8) is 0 Å². The number of pyridine rings is 1. The van der Waals surface area contributed by atoms with Crippen LogP contribution in [0.15, 0.2) is 12.1 Å². The molecule has 1 heterocycles. The summed E-state index contributed by atoms with van der Waals surface area (Å²) >= 11 is 0. The average molecular weight is 249 g/mol. The van der Waals surface area contributed by atoms with Gasteiger partial charge in [-0.3, -0.25) is 0 Å². The highest BCUT2D eigenvalue weighted by Crippen LogP contribution is 2.30. The second-order valence-electron chi connectivity index (χ2n) is 5.07. The van der Waals surface area contributed by atoms with Crippen LogP contribution in [0.2, 0.25) is 0 Å². The van der Waals surface area contributed by atoms with Gasteiger partial charge in [-0.25, -0.2) is 0 Å². The molecule has 1 aliphatic carbocycles. The molecule has 3 N–H and O–H groups in total. The molecule has 4 nitrogen and oxygen atoms in total. The summed E-state index contributed by atoms with van der Waals surface area (Å²) in [6, 6.07) is 4.12. The third kappa shape index (κ3) is 3.06. The van der Waals surface area contributed by atoms with Crippen LogP contribution in [-0.2, 0) is 0 Å². The van der Waals surface area contributed by atoms with Gasteiger partial charge in [0.1, 0.15) is 0 Å². The molecule has 1 fully saturated rings. The van der Waals surface area contributed by atoms with Crippen LogP contribution in [0.3, 0.4) is 0 Å². The van der Waals surface area contributed by atoms with Crippen LogP contribution in [0.4, 0.5) is 11.5 Å². The zero-order valence-corrected chi connectivity index (χ0v) is 11.3. The third-order valence-electron chi connectivity index (χ3n) is 3.81. The van der Waals surface area contributed by atoms with Crippen LogP contribution in [0.1, 0.15) is 39.0 Å². The number of methoxy groups -OCH3 is 1. The SMILES string of the molecule is CCC1CCCC(Nc2nc(OC)ccc2N)C1. The molecule has 0 spiro atoms.